The molecule has 0 spiro atoms. The second-order valence-electron chi connectivity index (χ2n) is 3.26. The minimum atomic E-state index is -1.05. The summed E-state index contributed by atoms with van der Waals surface area (Å²) in [5.41, 5.74) is -0.362. The SMILES string of the molecule is O=[N+]([O-])c1cnc(Cl)nc1Sc1ccc(F)c(F)c1. The van der Waals surface area contributed by atoms with Gasteiger partial charge in [-0.05, 0) is 29.8 Å². The van der Waals surface area contributed by atoms with E-state index >= 15 is 0 Å². The number of rotatable bonds is 3. The Kier molecular flexibility index (Phi) is 3.91. The van der Waals surface area contributed by atoms with E-state index in [1.807, 2.05) is 0 Å². The topological polar surface area (TPSA) is 68.9 Å². The summed E-state index contributed by atoms with van der Waals surface area (Å²) in [6, 6.07) is 3.12. The molecule has 0 unspecified atom stereocenters. The van der Waals surface area contributed by atoms with Crippen LogP contribution in [0.4, 0.5) is 14.5 Å². The number of benzene rings is 1. The average molecular weight is 304 g/mol. The number of halogens is 3. The highest BCUT2D eigenvalue weighted by atomic mass is 35.5. The van der Waals surface area contributed by atoms with Crippen molar-refractivity contribution in [3.63, 3.8) is 0 Å². The van der Waals surface area contributed by atoms with E-state index in [9.17, 15) is 18.9 Å². The van der Waals surface area contributed by atoms with Crippen LogP contribution in [0.5, 0.6) is 0 Å². The van der Waals surface area contributed by atoms with Crippen molar-refractivity contribution < 1.29 is 13.7 Å². The molecule has 0 radical (unpaired) electrons. The van der Waals surface area contributed by atoms with Gasteiger partial charge in [0.25, 0.3) is 0 Å². The molecule has 2 rings (SSSR count). The van der Waals surface area contributed by atoms with Gasteiger partial charge >= 0.3 is 5.69 Å². The smallest absolute Gasteiger partial charge is 0.258 e. The Morgan fingerprint density at radius 1 is 1.32 bits per heavy atom. The Morgan fingerprint density at radius 2 is 2.05 bits per heavy atom. The summed E-state index contributed by atoms with van der Waals surface area (Å²) in [6.45, 7) is 0. The van der Waals surface area contributed by atoms with Crippen LogP contribution < -0.4 is 0 Å². The Morgan fingerprint density at radius 3 is 2.68 bits per heavy atom. The minimum Gasteiger partial charge on any atom is -0.258 e. The molecule has 0 amide bonds. The quantitative estimate of drug-likeness (QED) is 0.376. The molecule has 0 saturated heterocycles. The first-order valence-electron chi connectivity index (χ1n) is 4.77. The van der Waals surface area contributed by atoms with Crippen LogP contribution in [-0.2, 0) is 0 Å². The van der Waals surface area contributed by atoms with Gasteiger partial charge in [-0.1, -0.05) is 11.8 Å². The maximum absolute atomic E-state index is 13.0. The lowest BCUT2D eigenvalue weighted by atomic mass is 10.3. The van der Waals surface area contributed by atoms with Crippen molar-refractivity contribution in [3.05, 3.63) is 51.4 Å². The van der Waals surface area contributed by atoms with E-state index in [4.69, 9.17) is 11.6 Å². The van der Waals surface area contributed by atoms with E-state index < -0.39 is 16.6 Å². The highest BCUT2D eigenvalue weighted by Crippen LogP contribution is 2.33. The molecule has 19 heavy (non-hydrogen) atoms. The molecule has 9 heteroatoms. The largest absolute Gasteiger partial charge is 0.319 e. The maximum atomic E-state index is 13.0. The first-order valence-corrected chi connectivity index (χ1v) is 5.96. The Hall–Kier alpha value is -1.80. The molecule has 2 aromatic rings. The molecule has 5 nitrogen and oxygen atoms in total. The van der Waals surface area contributed by atoms with Gasteiger partial charge in [-0.25, -0.2) is 18.7 Å². The van der Waals surface area contributed by atoms with Crippen LogP contribution in [-0.4, -0.2) is 14.9 Å². The zero-order valence-corrected chi connectivity index (χ0v) is 10.6. The van der Waals surface area contributed by atoms with E-state index in [1.165, 1.54) is 6.07 Å². The van der Waals surface area contributed by atoms with Crippen LogP contribution in [0.15, 0.2) is 34.3 Å². The van der Waals surface area contributed by atoms with E-state index in [0.717, 1.165) is 30.1 Å². The van der Waals surface area contributed by atoms with Crippen molar-refractivity contribution in [3.8, 4) is 0 Å². The predicted octanol–water partition coefficient (Wildman–Crippen LogP) is 3.47. The first-order chi connectivity index (χ1) is 8.97. The third-order valence-corrected chi connectivity index (χ3v) is 3.17. The van der Waals surface area contributed by atoms with Crippen LogP contribution >= 0.6 is 23.4 Å². The molecule has 0 bridgehead atoms. The lowest BCUT2D eigenvalue weighted by molar-refractivity contribution is -0.388. The van der Waals surface area contributed by atoms with Gasteiger partial charge in [0.2, 0.25) is 5.28 Å². The number of aromatic nitrogens is 2. The zero-order chi connectivity index (χ0) is 14.0. The summed E-state index contributed by atoms with van der Waals surface area (Å²) in [5.74, 6) is -2.05. The van der Waals surface area contributed by atoms with E-state index in [1.54, 1.807) is 0 Å². The van der Waals surface area contributed by atoms with Gasteiger partial charge in [-0.2, -0.15) is 0 Å². The van der Waals surface area contributed by atoms with E-state index in [0.29, 0.717) is 0 Å². The summed E-state index contributed by atoms with van der Waals surface area (Å²) in [7, 11) is 0. The lowest BCUT2D eigenvalue weighted by Crippen LogP contribution is -1.96. The molecule has 1 aromatic carbocycles. The Bertz CT molecular complexity index is 657. The molecular weight excluding hydrogens is 300 g/mol. The Labute approximate surface area is 114 Å². The van der Waals surface area contributed by atoms with Crippen molar-refractivity contribution in [2.45, 2.75) is 9.92 Å². The monoisotopic (exact) mass is 303 g/mol. The summed E-state index contributed by atoms with van der Waals surface area (Å²) < 4.78 is 25.8. The van der Waals surface area contributed by atoms with Crippen molar-refractivity contribution >= 4 is 29.1 Å². The van der Waals surface area contributed by atoms with Crippen LogP contribution in [0.1, 0.15) is 0 Å². The van der Waals surface area contributed by atoms with Gasteiger partial charge < -0.3 is 0 Å². The first kappa shape index (κ1) is 13.6. The van der Waals surface area contributed by atoms with Gasteiger partial charge in [-0.15, -0.1) is 0 Å². The fourth-order valence-electron chi connectivity index (χ4n) is 1.19. The molecular formula is C10H4ClF2N3O2S. The number of hydrogen-bond acceptors (Lipinski definition) is 5. The predicted molar refractivity (Wildman–Crippen MR) is 64.2 cm³/mol. The van der Waals surface area contributed by atoms with Crippen LogP contribution in [0.25, 0.3) is 0 Å². The van der Waals surface area contributed by atoms with Crippen molar-refractivity contribution in [2.75, 3.05) is 0 Å². The van der Waals surface area contributed by atoms with Crippen LogP contribution in [0.3, 0.4) is 0 Å². The van der Waals surface area contributed by atoms with Gasteiger partial charge in [-0.3, -0.25) is 10.1 Å². The fraction of sp³-hybridized carbons (Fsp3) is 0. The van der Waals surface area contributed by atoms with E-state index in [-0.39, 0.29) is 20.9 Å². The van der Waals surface area contributed by atoms with Gasteiger partial charge in [0, 0.05) is 4.90 Å². The van der Waals surface area contributed by atoms with Crippen LogP contribution in [0, 0.1) is 21.7 Å². The number of nitro groups is 1. The second-order valence-corrected chi connectivity index (χ2v) is 4.66. The third-order valence-electron chi connectivity index (χ3n) is 2.01. The molecule has 0 saturated carbocycles. The normalized spacial score (nSPS) is 10.5. The lowest BCUT2D eigenvalue weighted by Gasteiger charge is -2.02. The maximum Gasteiger partial charge on any atom is 0.319 e. The summed E-state index contributed by atoms with van der Waals surface area (Å²) in [4.78, 5) is 17.6. The highest BCUT2D eigenvalue weighted by Gasteiger charge is 2.18. The molecule has 0 atom stereocenters. The van der Waals surface area contributed by atoms with Crippen molar-refractivity contribution in [2.24, 2.45) is 0 Å². The van der Waals surface area contributed by atoms with Crippen molar-refractivity contribution in [1.82, 2.24) is 9.97 Å². The molecule has 1 aromatic heterocycles. The standard InChI is InChI=1S/C10H4ClF2N3O2S/c11-10-14-4-8(16(17)18)9(15-10)19-5-1-2-6(12)7(13)3-5/h1-4H. The zero-order valence-electron chi connectivity index (χ0n) is 9.01. The molecule has 0 aliphatic carbocycles. The Balaban J connectivity index is 2.39. The molecule has 0 aliphatic heterocycles. The van der Waals surface area contributed by atoms with Gasteiger partial charge in [0.15, 0.2) is 16.7 Å². The molecule has 0 fully saturated rings. The highest BCUT2D eigenvalue weighted by molar-refractivity contribution is 7.99. The average Bonchev–Trinajstić information content (AvgIpc) is 2.33. The number of hydrogen-bond donors (Lipinski definition) is 0. The number of nitrogens with zero attached hydrogens (tertiary/aromatic N) is 3. The molecule has 98 valence electrons. The van der Waals surface area contributed by atoms with Gasteiger partial charge in [0.1, 0.15) is 6.20 Å². The molecule has 1 heterocycles. The van der Waals surface area contributed by atoms with E-state index in [2.05, 4.69) is 9.97 Å². The minimum absolute atomic E-state index is 0.0454. The van der Waals surface area contributed by atoms with Crippen molar-refractivity contribution in [1.29, 1.82) is 0 Å². The fourth-order valence-corrected chi connectivity index (χ4v) is 2.26. The van der Waals surface area contributed by atoms with Crippen LogP contribution in [0.2, 0.25) is 5.28 Å². The third kappa shape index (κ3) is 3.15. The molecule has 0 aliphatic rings. The summed E-state index contributed by atoms with van der Waals surface area (Å²) in [6.07, 6.45) is 0.956. The second kappa shape index (κ2) is 5.45. The summed E-state index contributed by atoms with van der Waals surface area (Å²) >= 11 is 6.35. The molecule has 0 N–H and O–H groups in total. The van der Waals surface area contributed by atoms with Gasteiger partial charge in [0.05, 0.1) is 4.92 Å². The summed E-state index contributed by atoms with van der Waals surface area (Å²) in [5, 5.41) is 10.6.